The normalized spacial score (nSPS) is 12.6. The molecule has 1 atom stereocenters. The highest BCUT2D eigenvalue weighted by molar-refractivity contribution is 8.00. The minimum Gasteiger partial charge on any atom is -0.497 e. The number of amides is 1. The molecule has 0 saturated heterocycles. The Morgan fingerprint density at radius 1 is 1.14 bits per heavy atom. The van der Waals surface area contributed by atoms with Crippen LogP contribution in [0.25, 0.3) is 10.9 Å². The van der Waals surface area contributed by atoms with Crippen LogP contribution in [0, 0.1) is 0 Å². The summed E-state index contributed by atoms with van der Waals surface area (Å²) in [6, 6.07) is 13.6. The topological polar surface area (TPSA) is 64.1 Å². The van der Waals surface area contributed by atoms with Crippen molar-refractivity contribution in [1.82, 2.24) is 15.3 Å². The molecule has 1 N–H and O–H groups in total. The molecule has 1 heterocycles. The Hall–Kier alpha value is -2.81. The van der Waals surface area contributed by atoms with Crippen molar-refractivity contribution in [3.05, 3.63) is 59.9 Å². The van der Waals surface area contributed by atoms with Gasteiger partial charge in [0, 0.05) is 11.9 Å². The molecule has 0 radical (unpaired) electrons. The van der Waals surface area contributed by atoms with Crippen LogP contribution >= 0.6 is 11.8 Å². The monoisotopic (exact) mass is 421 g/mol. The van der Waals surface area contributed by atoms with Gasteiger partial charge in [-0.2, -0.15) is 13.2 Å². The number of halogens is 3. The van der Waals surface area contributed by atoms with E-state index in [2.05, 4.69) is 15.3 Å². The summed E-state index contributed by atoms with van der Waals surface area (Å²) in [5.74, 6) is -0.813. The molecule has 0 fully saturated rings. The lowest BCUT2D eigenvalue weighted by molar-refractivity contribution is -0.145. The Kier molecular flexibility index (Phi) is 6.26. The van der Waals surface area contributed by atoms with E-state index in [1.165, 1.54) is 6.07 Å². The minimum atomic E-state index is -4.67. The number of benzene rings is 2. The first-order chi connectivity index (χ1) is 13.8. The smallest absolute Gasteiger partial charge is 0.451 e. The van der Waals surface area contributed by atoms with E-state index in [0.29, 0.717) is 17.7 Å². The summed E-state index contributed by atoms with van der Waals surface area (Å²) in [5, 5.41) is 2.73. The third-order valence-electron chi connectivity index (χ3n) is 4.11. The van der Waals surface area contributed by atoms with Crippen LogP contribution in [0.1, 0.15) is 18.3 Å². The predicted molar refractivity (Wildman–Crippen MR) is 105 cm³/mol. The Balaban J connectivity index is 1.74. The van der Waals surface area contributed by atoms with E-state index in [4.69, 9.17) is 4.74 Å². The van der Waals surface area contributed by atoms with E-state index in [1.54, 1.807) is 44.4 Å². The van der Waals surface area contributed by atoms with E-state index < -0.39 is 17.3 Å². The number of rotatable bonds is 6. The van der Waals surface area contributed by atoms with Gasteiger partial charge < -0.3 is 10.1 Å². The number of hydrogen-bond donors (Lipinski definition) is 1. The summed E-state index contributed by atoms with van der Waals surface area (Å²) in [5.41, 5.74) is 1.06. The van der Waals surface area contributed by atoms with Crippen molar-refractivity contribution in [2.24, 2.45) is 0 Å². The molecule has 1 amide bonds. The first kappa shape index (κ1) is 20.9. The zero-order valence-electron chi connectivity index (χ0n) is 15.7. The molecule has 1 aromatic heterocycles. The van der Waals surface area contributed by atoms with Crippen LogP contribution in [-0.2, 0) is 17.5 Å². The number of nitrogens with zero attached hydrogens (tertiary/aromatic N) is 2. The molecule has 152 valence electrons. The lowest BCUT2D eigenvalue weighted by Crippen LogP contribution is -2.30. The fraction of sp³-hybridized carbons (Fsp3) is 0.250. The molecular weight excluding hydrogens is 403 g/mol. The molecule has 3 aromatic rings. The van der Waals surface area contributed by atoms with Gasteiger partial charge in [-0.3, -0.25) is 4.79 Å². The highest BCUT2D eigenvalue weighted by Crippen LogP contribution is 2.33. The number of hydrogen-bond acceptors (Lipinski definition) is 5. The maximum atomic E-state index is 13.1. The minimum absolute atomic E-state index is 0.120. The molecule has 0 saturated carbocycles. The standard InChI is InChI=1S/C20H18F3N3O2S/c1-12(17(27)24-11-13-7-9-14(28-2)10-8-13)29-18-15-5-3-4-6-16(15)25-19(26-18)20(21,22)23/h3-10,12H,11H2,1-2H3,(H,24,27). The first-order valence-electron chi connectivity index (χ1n) is 8.69. The largest absolute Gasteiger partial charge is 0.497 e. The molecule has 0 spiro atoms. The van der Waals surface area contributed by atoms with Crippen molar-refractivity contribution >= 4 is 28.6 Å². The second-order valence-electron chi connectivity index (χ2n) is 6.19. The van der Waals surface area contributed by atoms with Gasteiger partial charge in [0.1, 0.15) is 10.8 Å². The van der Waals surface area contributed by atoms with Crippen molar-refractivity contribution in [2.75, 3.05) is 7.11 Å². The second kappa shape index (κ2) is 8.69. The van der Waals surface area contributed by atoms with Crippen LogP contribution in [0.3, 0.4) is 0 Å². The summed E-state index contributed by atoms with van der Waals surface area (Å²) < 4.78 is 44.5. The number of ether oxygens (including phenoxy) is 1. The van der Waals surface area contributed by atoms with Gasteiger partial charge in [-0.15, -0.1) is 0 Å². The number of carbonyl (C=O) groups is 1. The summed E-state index contributed by atoms with van der Waals surface area (Å²) in [7, 11) is 1.57. The van der Waals surface area contributed by atoms with Gasteiger partial charge in [0.25, 0.3) is 0 Å². The molecule has 9 heteroatoms. The fourth-order valence-electron chi connectivity index (χ4n) is 2.56. The Bertz CT molecular complexity index is 1010. The zero-order valence-corrected chi connectivity index (χ0v) is 16.5. The molecule has 1 unspecified atom stereocenters. The van der Waals surface area contributed by atoms with Gasteiger partial charge in [-0.25, -0.2) is 9.97 Å². The highest BCUT2D eigenvalue weighted by atomic mass is 32.2. The number of carbonyl (C=O) groups excluding carboxylic acids is 1. The quantitative estimate of drug-likeness (QED) is 0.471. The van der Waals surface area contributed by atoms with Crippen molar-refractivity contribution in [3.63, 3.8) is 0 Å². The van der Waals surface area contributed by atoms with Crippen LogP contribution in [0.4, 0.5) is 13.2 Å². The average molecular weight is 421 g/mol. The number of methoxy groups -OCH3 is 1. The Labute approximate surface area is 169 Å². The van der Waals surface area contributed by atoms with E-state index in [-0.39, 0.29) is 16.4 Å². The first-order valence-corrected chi connectivity index (χ1v) is 9.57. The number of alkyl halides is 3. The van der Waals surface area contributed by atoms with Gasteiger partial charge in [-0.05, 0) is 30.7 Å². The fourth-order valence-corrected chi connectivity index (χ4v) is 3.53. The summed E-state index contributed by atoms with van der Waals surface area (Å²) in [4.78, 5) is 19.7. The predicted octanol–water partition coefficient (Wildman–Crippen LogP) is 4.45. The lowest BCUT2D eigenvalue weighted by Gasteiger charge is -2.14. The zero-order chi connectivity index (χ0) is 21.0. The van der Waals surface area contributed by atoms with E-state index in [1.807, 2.05) is 12.1 Å². The number of para-hydroxylation sites is 1. The van der Waals surface area contributed by atoms with Crippen molar-refractivity contribution < 1.29 is 22.7 Å². The summed E-state index contributed by atoms with van der Waals surface area (Å²) in [6.07, 6.45) is -4.67. The summed E-state index contributed by atoms with van der Waals surface area (Å²) >= 11 is 0.970. The summed E-state index contributed by atoms with van der Waals surface area (Å²) in [6.45, 7) is 1.92. The maximum absolute atomic E-state index is 13.1. The van der Waals surface area contributed by atoms with Crippen molar-refractivity contribution in [2.45, 2.75) is 29.9 Å². The molecule has 0 aliphatic carbocycles. The molecule has 5 nitrogen and oxygen atoms in total. The molecule has 0 bridgehead atoms. The van der Waals surface area contributed by atoms with Gasteiger partial charge in [-0.1, -0.05) is 42.1 Å². The van der Waals surface area contributed by atoms with Gasteiger partial charge >= 0.3 is 6.18 Å². The Morgan fingerprint density at radius 3 is 2.48 bits per heavy atom. The van der Waals surface area contributed by atoms with Crippen LogP contribution in [0.2, 0.25) is 0 Å². The lowest BCUT2D eigenvalue weighted by atomic mass is 10.2. The van der Waals surface area contributed by atoms with Crippen LogP contribution in [0.15, 0.2) is 53.6 Å². The molecule has 29 heavy (non-hydrogen) atoms. The van der Waals surface area contributed by atoms with Gasteiger partial charge in [0.05, 0.1) is 17.9 Å². The second-order valence-corrected chi connectivity index (χ2v) is 7.52. The number of aromatic nitrogens is 2. The molecule has 0 aliphatic heterocycles. The SMILES string of the molecule is COc1ccc(CNC(=O)C(C)Sc2nc(C(F)(F)F)nc3ccccc23)cc1. The maximum Gasteiger partial charge on any atom is 0.451 e. The number of nitrogens with one attached hydrogen (secondary N) is 1. The third-order valence-corrected chi connectivity index (χ3v) is 5.21. The van der Waals surface area contributed by atoms with Crippen LogP contribution in [0.5, 0.6) is 5.75 Å². The molecule has 0 aliphatic rings. The number of fused-ring (bicyclic) bond motifs is 1. The van der Waals surface area contributed by atoms with Crippen molar-refractivity contribution in [1.29, 1.82) is 0 Å². The Morgan fingerprint density at radius 2 is 1.83 bits per heavy atom. The van der Waals surface area contributed by atoms with Crippen LogP contribution in [-0.4, -0.2) is 28.2 Å². The molecular formula is C20H18F3N3O2S. The van der Waals surface area contributed by atoms with E-state index >= 15 is 0 Å². The van der Waals surface area contributed by atoms with Gasteiger partial charge in [0.2, 0.25) is 11.7 Å². The van der Waals surface area contributed by atoms with E-state index in [9.17, 15) is 18.0 Å². The third kappa shape index (κ3) is 5.17. The van der Waals surface area contributed by atoms with Crippen LogP contribution < -0.4 is 10.1 Å². The molecule has 3 rings (SSSR count). The molecule has 2 aromatic carbocycles. The van der Waals surface area contributed by atoms with Crippen molar-refractivity contribution in [3.8, 4) is 5.75 Å². The van der Waals surface area contributed by atoms with Gasteiger partial charge in [0.15, 0.2) is 0 Å². The average Bonchev–Trinajstić information content (AvgIpc) is 2.71. The number of thioether (sulfide) groups is 1. The van der Waals surface area contributed by atoms with E-state index in [0.717, 1.165) is 17.3 Å². The highest BCUT2D eigenvalue weighted by Gasteiger charge is 2.35.